The quantitative estimate of drug-likeness (QED) is 0.822. The van der Waals surface area contributed by atoms with E-state index in [0.29, 0.717) is 18.7 Å². The summed E-state index contributed by atoms with van der Waals surface area (Å²) in [5.41, 5.74) is 7.16. The number of carbonyl (C=O) groups excluding carboxylic acids is 1. The maximum Gasteiger partial charge on any atom is 0.338 e. The van der Waals surface area contributed by atoms with Crippen LogP contribution in [0.1, 0.15) is 22.8 Å². The molecule has 0 aromatic heterocycles. The number of benzene rings is 2. The second-order valence-corrected chi connectivity index (χ2v) is 3.79. The molecular formula is C14H15NO2. The lowest BCUT2D eigenvalue weighted by Crippen LogP contribution is -2.07. The minimum absolute atomic E-state index is 0.293. The van der Waals surface area contributed by atoms with E-state index >= 15 is 0 Å². The van der Waals surface area contributed by atoms with Crippen LogP contribution in [0, 0.1) is 0 Å². The summed E-state index contributed by atoms with van der Waals surface area (Å²) in [6.45, 7) is 2.59. The summed E-state index contributed by atoms with van der Waals surface area (Å²) in [4.78, 5) is 11.9. The van der Waals surface area contributed by atoms with E-state index in [-0.39, 0.29) is 5.97 Å². The molecule has 17 heavy (non-hydrogen) atoms. The molecule has 0 aliphatic rings. The minimum atomic E-state index is -0.293. The highest BCUT2D eigenvalue weighted by atomic mass is 16.5. The molecule has 0 saturated carbocycles. The molecule has 0 aliphatic heterocycles. The Balaban J connectivity index is 2.62. The molecule has 0 aliphatic carbocycles. The average Bonchev–Trinajstić information content (AvgIpc) is 2.37. The molecule has 0 spiro atoms. The van der Waals surface area contributed by atoms with Crippen molar-refractivity contribution in [2.75, 3.05) is 6.61 Å². The summed E-state index contributed by atoms with van der Waals surface area (Å²) in [5.74, 6) is -0.293. The van der Waals surface area contributed by atoms with Crippen LogP contribution in [0.15, 0.2) is 36.4 Å². The number of hydrogen-bond donors (Lipinski definition) is 1. The van der Waals surface area contributed by atoms with Crippen molar-refractivity contribution in [2.24, 2.45) is 5.73 Å². The fourth-order valence-corrected chi connectivity index (χ4v) is 1.87. The molecule has 0 fully saturated rings. The van der Waals surface area contributed by atoms with Crippen molar-refractivity contribution in [1.29, 1.82) is 0 Å². The van der Waals surface area contributed by atoms with Gasteiger partial charge >= 0.3 is 5.97 Å². The van der Waals surface area contributed by atoms with Gasteiger partial charge in [-0.25, -0.2) is 4.79 Å². The third-order valence-corrected chi connectivity index (χ3v) is 2.65. The van der Waals surface area contributed by atoms with Gasteiger partial charge in [0.25, 0.3) is 0 Å². The van der Waals surface area contributed by atoms with Gasteiger partial charge in [0, 0.05) is 6.54 Å². The van der Waals surface area contributed by atoms with Crippen LogP contribution in [0.2, 0.25) is 0 Å². The number of fused-ring (bicyclic) bond motifs is 1. The van der Waals surface area contributed by atoms with Gasteiger partial charge in [0.15, 0.2) is 0 Å². The molecule has 2 rings (SSSR count). The molecule has 3 heteroatoms. The highest BCUT2D eigenvalue weighted by molar-refractivity contribution is 6.04. The Morgan fingerprint density at radius 1 is 1.29 bits per heavy atom. The first-order valence-electron chi connectivity index (χ1n) is 5.65. The maximum absolute atomic E-state index is 11.9. The molecule has 2 aromatic rings. The Labute approximate surface area is 100 Å². The monoisotopic (exact) mass is 229 g/mol. The van der Waals surface area contributed by atoms with Crippen LogP contribution >= 0.6 is 0 Å². The molecule has 0 saturated heterocycles. The first-order chi connectivity index (χ1) is 8.26. The van der Waals surface area contributed by atoms with Crippen LogP contribution in [0.5, 0.6) is 0 Å². The molecule has 2 aromatic carbocycles. The Morgan fingerprint density at radius 3 is 2.76 bits per heavy atom. The first-order valence-corrected chi connectivity index (χ1v) is 5.65. The predicted octanol–water partition coefficient (Wildman–Crippen LogP) is 2.48. The maximum atomic E-state index is 11.9. The summed E-state index contributed by atoms with van der Waals surface area (Å²) < 4.78 is 5.06. The van der Waals surface area contributed by atoms with Gasteiger partial charge in [-0.1, -0.05) is 24.3 Å². The molecule has 2 N–H and O–H groups in total. The topological polar surface area (TPSA) is 52.3 Å². The van der Waals surface area contributed by atoms with E-state index in [1.807, 2.05) is 30.3 Å². The summed E-state index contributed by atoms with van der Waals surface area (Å²) in [6.07, 6.45) is 0. The molecule has 3 nitrogen and oxygen atoms in total. The highest BCUT2D eigenvalue weighted by Gasteiger charge is 2.11. The van der Waals surface area contributed by atoms with Crippen LogP contribution < -0.4 is 5.73 Å². The zero-order chi connectivity index (χ0) is 12.3. The fourth-order valence-electron chi connectivity index (χ4n) is 1.87. The third kappa shape index (κ3) is 2.29. The smallest absolute Gasteiger partial charge is 0.338 e. The number of nitrogens with two attached hydrogens (primary N) is 1. The molecule has 0 atom stereocenters. The summed E-state index contributed by atoms with van der Waals surface area (Å²) in [6, 6.07) is 11.5. The van der Waals surface area contributed by atoms with Gasteiger partial charge < -0.3 is 10.5 Å². The lowest BCUT2D eigenvalue weighted by atomic mass is 10.0. The van der Waals surface area contributed by atoms with Gasteiger partial charge in [0.2, 0.25) is 0 Å². The Morgan fingerprint density at radius 2 is 2.06 bits per heavy atom. The number of rotatable bonds is 3. The summed E-state index contributed by atoms with van der Waals surface area (Å²) >= 11 is 0. The van der Waals surface area contributed by atoms with E-state index in [2.05, 4.69) is 0 Å². The molecule has 0 amide bonds. The SMILES string of the molecule is CCOC(=O)c1cc(CN)cc2ccccc12. The number of carbonyl (C=O) groups is 1. The Bertz CT molecular complexity index is 549. The third-order valence-electron chi connectivity index (χ3n) is 2.65. The van der Waals surface area contributed by atoms with Crippen molar-refractivity contribution in [3.8, 4) is 0 Å². The Kier molecular flexibility index (Phi) is 3.40. The van der Waals surface area contributed by atoms with Crippen molar-refractivity contribution in [3.63, 3.8) is 0 Å². The standard InChI is InChI=1S/C14H15NO2/c1-2-17-14(16)13-8-10(9-15)7-11-5-3-4-6-12(11)13/h3-8H,2,9,15H2,1H3. The van der Waals surface area contributed by atoms with Crippen molar-refractivity contribution in [2.45, 2.75) is 13.5 Å². The summed E-state index contributed by atoms with van der Waals surface area (Å²) in [7, 11) is 0. The predicted molar refractivity (Wildman–Crippen MR) is 67.8 cm³/mol. The number of hydrogen-bond acceptors (Lipinski definition) is 3. The van der Waals surface area contributed by atoms with Gasteiger partial charge in [0.05, 0.1) is 12.2 Å². The van der Waals surface area contributed by atoms with E-state index in [0.717, 1.165) is 16.3 Å². The summed E-state index contributed by atoms with van der Waals surface area (Å²) in [5, 5.41) is 1.92. The Hall–Kier alpha value is -1.87. The van der Waals surface area contributed by atoms with Gasteiger partial charge in [-0.05, 0) is 35.4 Å². The number of ether oxygens (including phenoxy) is 1. The highest BCUT2D eigenvalue weighted by Crippen LogP contribution is 2.21. The van der Waals surface area contributed by atoms with Gasteiger partial charge in [-0.15, -0.1) is 0 Å². The van der Waals surface area contributed by atoms with Crippen molar-refractivity contribution in [1.82, 2.24) is 0 Å². The zero-order valence-corrected chi connectivity index (χ0v) is 9.77. The van der Waals surface area contributed by atoms with E-state index in [1.165, 1.54) is 0 Å². The lowest BCUT2D eigenvalue weighted by molar-refractivity contribution is 0.0528. The lowest BCUT2D eigenvalue weighted by Gasteiger charge is -2.08. The molecule has 0 unspecified atom stereocenters. The van der Waals surface area contributed by atoms with Crippen LogP contribution in [-0.4, -0.2) is 12.6 Å². The normalized spacial score (nSPS) is 10.5. The van der Waals surface area contributed by atoms with Crippen LogP contribution in [0.3, 0.4) is 0 Å². The second kappa shape index (κ2) is 4.97. The van der Waals surface area contributed by atoms with E-state index in [4.69, 9.17) is 10.5 Å². The molecular weight excluding hydrogens is 214 g/mol. The first kappa shape index (κ1) is 11.6. The van der Waals surface area contributed by atoms with E-state index in [9.17, 15) is 4.79 Å². The van der Waals surface area contributed by atoms with E-state index < -0.39 is 0 Å². The van der Waals surface area contributed by atoms with Gasteiger partial charge in [-0.3, -0.25) is 0 Å². The van der Waals surface area contributed by atoms with Crippen molar-refractivity contribution >= 4 is 16.7 Å². The molecule has 88 valence electrons. The minimum Gasteiger partial charge on any atom is -0.462 e. The zero-order valence-electron chi connectivity index (χ0n) is 9.77. The molecule has 0 bridgehead atoms. The van der Waals surface area contributed by atoms with Gasteiger partial charge in [0.1, 0.15) is 0 Å². The van der Waals surface area contributed by atoms with Gasteiger partial charge in [-0.2, -0.15) is 0 Å². The van der Waals surface area contributed by atoms with E-state index in [1.54, 1.807) is 13.0 Å². The second-order valence-electron chi connectivity index (χ2n) is 3.79. The van der Waals surface area contributed by atoms with Crippen LogP contribution in [0.25, 0.3) is 10.8 Å². The van der Waals surface area contributed by atoms with Crippen LogP contribution in [0.4, 0.5) is 0 Å². The van der Waals surface area contributed by atoms with Crippen molar-refractivity contribution < 1.29 is 9.53 Å². The largest absolute Gasteiger partial charge is 0.462 e. The fraction of sp³-hybridized carbons (Fsp3) is 0.214. The molecule has 0 radical (unpaired) electrons. The number of esters is 1. The van der Waals surface area contributed by atoms with Crippen molar-refractivity contribution in [3.05, 3.63) is 47.5 Å². The molecule has 0 heterocycles. The average molecular weight is 229 g/mol. The van der Waals surface area contributed by atoms with Crippen LogP contribution in [-0.2, 0) is 11.3 Å².